The minimum atomic E-state index is -0.371. The van der Waals surface area contributed by atoms with Gasteiger partial charge in [-0.1, -0.05) is 23.2 Å². The molecule has 0 aliphatic rings. The monoisotopic (exact) mass is 293 g/mol. The molecule has 1 rings (SSSR count). The highest BCUT2D eigenvalue weighted by atomic mass is 35.5. The second-order valence-corrected chi connectivity index (χ2v) is 5.62. The minimum Gasteiger partial charge on any atom is -0.347 e. The zero-order chi connectivity index (χ0) is 13.1. The first-order valence-corrected chi connectivity index (χ1v) is 6.48. The second kappa shape index (κ2) is 5.94. The Bertz CT molecular complexity index is 418. The lowest BCUT2D eigenvalue weighted by molar-refractivity contribution is 0.0912. The molecule has 17 heavy (non-hydrogen) atoms. The minimum absolute atomic E-state index is 0.243. The van der Waals surface area contributed by atoms with E-state index < -0.39 is 0 Å². The standard InChI is InChI=1S/C12H14Cl3NO/c1-12(2,5-6-13)16-11(17)9-7-8(14)3-4-10(9)15/h3-4,7H,5-6H2,1-2H3,(H,16,17). The third kappa shape index (κ3) is 4.38. The van der Waals surface area contributed by atoms with E-state index in [9.17, 15) is 4.79 Å². The molecule has 0 atom stereocenters. The van der Waals surface area contributed by atoms with Gasteiger partial charge in [0.1, 0.15) is 0 Å². The summed E-state index contributed by atoms with van der Waals surface area (Å²) in [6.45, 7) is 3.82. The number of halogens is 3. The predicted molar refractivity (Wildman–Crippen MR) is 73.3 cm³/mol. The number of benzene rings is 1. The van der Waals surface area contributed by atoms with Crippen LogP contribution in [0.4, 0.5) is 0 Å². The molecule has 0 saturated heterocycles. The maximum atomic E-state index is 12.0. The Morgan fingerprint density at radius 2 is 2.00 bits per heavy atom. The molecule has 0 radical (unpaired) electrons. The molecule has 0 bridgehead atoms. The molecule has 0 fully saturated rings. The van der Waals surface area contributed by atoms with Crippen LogP contribution in [0.2, 0.25) is 10.0 Å². The smallest absolute Gasteiger partial charge is 0.253 e. The number of carbonyl (C=O) groups is 1. The molecule has 1 amide bonds. The zero-order valence-electron chi connectivity index (χ0n) is 9.69. The number of carbonyl (C=O) groups excluding carboxylic acids is 1. The summed E-state index contributed by atoms with van der Waals surface area (Å²) in [6, 6.07) is 4.80. The third-order valence-corrected chi connectivity index (χ3v) is 3.10. The van der Waals surface area contributed by atoms with Crippen molar-refractivity contribution in [2.75, 3.05) is 5.88 Å². The number of rotatable bonds is 4. The summed E-state index contributed by atoms with van der Waals surface area (Å²) in [5, 5.41) is 3.74. The van der Waals surface area contributed by atoms with E-state index in [1.54, 1.807) is 18.2 Å². The van der Waals surface area contributed by atoms with Gasteiger partial charge in [-0.2, -0.15) is 0 Å². The van der Waals surface area contributed by atoms with Crippen molar-refractivity contribution < 1.29 is 4.79 Å². The van der Waals surface area contributed by atoms with Crippen molar-refractivity contribution in [2.24, 2.45) is 0 Å². The van der Waals surface area contributed by atoms with Gasteiger partial charge in [0.05, 0.1) is 10.6 Å². The number of amides is 1. The zero-order valence-corrected chi connectivity index (χ0v) is 12.0. The highest BCUT2D eigenvalue weighted by Gasteiger charge is 2.21. The summed E-state index contributed by atoms with van der Waals surface area (Å²) in [7, 11) is 0. The van der Waals surface area contributed by atoms with Crippen molar-refractivity contribution >= 4 is 40.7 Å². The molecule has 0 aliphatic heterocycles. The molecule has 94 valence electrons. The number of hydrogen-bond acceptors (Lipinski definition) is 1. The summed E-state index contributed by atoms with van der Waals surface area (Å²) >= 11 is 17.5. The van der Waals surface area contributed by atoms with E-state index in [1.165, 1.54) is 0 Å². The fourth-order valence-corrected chi connectivity index (χ4v) is 2.19. The highest BCUT2D eigenvalue weighted by Crippen LogP contribution is 2.21. The van der Waals surface area contributed by atoms with E-state index in [4.69, 9.17) is 34.8 Å². The van der Waals surface area contributed by atoms with Gasteiger partial charge in [0, 0.05) is 16.4 Å². The van der Waals surface area contributed by atoms with Crippen LogP contribution >= 0.6 is 34.8 Å². The Balaban J connectivity index is 2.86. The van der Waals surface area contributed by atoms with Gasteiger partial charge >= 0.3 is 0 Å². The maximum Gasteiger partial charge on any atom is 0.253 e. The average molecular weight is 295 g/mol. The van der Waals surface area contributed by atoms with Crippen LogP contribution in [-0.2, 0) is 0 Å². The average Bonchev–Trinajstić information content (AvgIpc) is 2.20. The van der Waals surface area contributed by atoms with Crippen LogP contribution in [0.1, 0.15) is 30.6 Å². The molecular formula is C12H14Cl3NO. The third-order valence-electron chi connectivity index (χ3n) is 2.34. The molecule has 0 aromatic heterocycles. The van der Waals surface area contributed by atoms with Crippen LogP contribution < -0.4 is 5.32 Å². The molecule has 1 aromatic rings. The Morgan fingerprint density at radius 1 is 1.35 bits per heavy atom. The summed E-state index contributed by atoms with van der Waals surface area (Å²) in [4.78, 5) is 12.0. The van der Waals surface area contributed by atoms with Crippen LogP contribution in [0.25, 0.3) is 0 Å². The quantitative estimate of drug-likeness (QED) is 0.831. The lowest BCUT2D eigenvalue weighted by Crippen LogP contribution is -2.43. The van der Waals surface area contributed by atoms with E-state index in [0.29, 0.717) is 27.9 Å². The first-order valence-electron chi connectivity index (χ1n) is 5.19. The van der Waals surface area contributed by atoms with Gasteiger partial charge < -0.3 is 5.32 Å². The van der Waals surface area contributed by atoms with Crippen molar-refractivity contribution in [1.29, 1.82) is 0 Å². The fraction of sp³-hybridized carbons (Fsp3) is 0.417. The van der Waals surface area contributed by atoms with Gasteiger partial charge in [0.2, 0.25) is 0 Å². The number of nitrogens with one attached hydrogen (secondary N) is 1. The van der Waals surface area contributed by atoms with E-state index in [2.05, 4.69) is 5.32 Å². The Morgan fingerprint density at radius 3 is 2.59 bits per heavy atom. The van der Waals surface area contributed by atoms with Gasteiger partial charge in [-0.3, -0.25) is 4.79 Å². The van der Waals surface area contributed by atoms with Crippen LogP contribution in [0.3, 0.4) is 0 Å². The van der Waals surface area contributed by atoms with Crippen molar-refractivity contribution in [3.8, 4) is 0 Å². The molecule has 0 unspecified atom stereocenters. The molecule has 0 aliphatic carbocycles. The van der Waals surface area contributed by atoms with Crippen molar-refractivity contribution in [3.63, 3.8) is 0 Å². The number of alkyl halides is 1. The van der Waals surface area contributed by atoms with Crippen molar-refractivity contribution in [3.05, 3.63) is 33.8 Å². The Kier molecular flexibility index (Phi) is 5.11. The first kappa shape index (κ1) is 14.6. The Labute approximate surface area is 116 Å². The van der Waals surface area contributed by atoms with Crippen molar-refractivity contribution in [2.45, 2.75) is 25.8 Å². The van der Waals surface area contributed by atoms with Gasteiger partial charge in [0.15, 0.2) is 0 Å². The van der Waals surface area contributed by atoms with Crippen LogP contribution in [0, 0.1) is 0 Å². The molecule has 0 saturated carbocycles. The first-order chi connectivity index (χ1) is 7.85. The van der Waals surface area contributed by atoms with Crippen LogP contribution in [-0.4, -0.2) is 17.3 Å². The molecule has 2 nitrogen and oxygen atoms in total. The van der Waals surface area contributed by atoms with Gasteiger partial charge in [0.25, 0.3) is 5.91 Å². The van der Waals surface area contributed by atoms with E-state index in [-0.39, 0.29) is 11.4 Å². The highest BCUT2D eigenvalue weighted by molar-refractivity contribution is 6.35. The summed E-state index contributed by atoms with van der Waals surface area (Å²) in [6.07, 6.45) is 0.679. The van der Waals surface area contributed by atoms with E-state index in [0.717, 1.165) is 0 Å². The summed E-state index contributed by atoms with van der Waals surface area (Å²) in [5.74, 6) is 0.240. The molecule has 0 heterocycles. The largest absolute Gasteiger partial charge is 0.347 e. The van der Waals surface area contributed by atoms with E-state index in [1.807, 2.05) is 13.8 Å². The van der Waals surface area contributed by atoms with Crippen LogP contribution in [0.5, 0.6) is 0 Å². The number of hydrogen-bond donors (Lipinski definition) is 1. The SMILES string of the molecule is CC(C)(CCCl)NC(=O)c1cc(Cl)ccc1Cl. The topological polar surface area (TPSA) is 29.1 Å². The molecule has 1 aromatic carbocycles. The lowest BCUT2D eigenvalue weighted by atomic mass is 10.0. The Hall–Kier alpha value is -0.440. The molecule has 1 N–H and O–H groups in total. The van der Waals surface area contributed by atoms with Gasteiger partial charge in [-0.05, 0) is 38.5 Å². The van der Waals surface area contributed by atoms with Gasteiger partial charge in [-0.25, -0.2) is 0 Å². The molecule has 5 heteroatoms. The van der Waals surface area contributed by atoms with E-state index >= 15 is 0 Å². The predicted octanol–water partition coefficient (Wildman–Crippen LogP) is 4.13. The van der Waals surface area contributed by atoms with Gasteiger partial charge in [-0.15, -0.1) is 11.6 Å². The maximum absolute atomic E-state index is 12.0. The van der Waals surface area contributed by atoms with Crippen LogP contribution in [0.15, 0.2) is 18.2 Å². The summed E-state index contributed by atoms with van der Waals surface area (Å²) < 4.78 is 0. The molecule has 0 spiro atoms. The fourth-order valence-electron chi connectivity index (χ4n) is 1.34. The van der Waals surface area contributed by atoms with Crippen molar-refractivity contribution in [1.82, 2.24) is 5.32 Å². The molecular weight excluding hydrogens is 280 g/mol. The summed E-state index contributed by atoms with van der Waals surface area (Å²) in [5.41, 5.74) is 0.00612. The normalized spacial score (nSPS) is 11.4. The second-order valence-electron chi connectivity index (χ2n) is 4.40. The lowest BCUT2D eigenvalue weighted by Gasteiger charge is -2.25.